The molecule has 19 heavy (non-hydrogen) atoms. The molecule has 1 nitrogen and oxygen atoms in total. The van der Waals surface area contributed by atoms with Crippen molar-refractivity contribution in [2.45, 2.75) is 48.2 Å². The minimum absolute atomic E-state index is 0.237. The van der Waals surface area contributed by atoms with E-state index >= 15 is 0 Å². The lowest BCUT2D eigenvalue weighted by Gasteiger charge is -2.44. The van der Waals surface area contributed by atoms with Gasteiger partial charge in [-0.25, -0.2) is 13.2 Å². The maximum Gasteiger partial charge on any atom is 0.135 e. The molecule has 0 radical (unpaired) electrons. The zero-order chi connectivity index (χ0) is 13.6. The molecule has 2 saturated heterocycles. The third-order valence-electron chi connectivity index (χ3n) is 4.04. The normalized spacial score (nSPS) is 34.3. The van der Waals surface area contributed by atoms with Crippen LogP contribution in [0.15, 0.2) is 12.1 Å². The Bertz CT molecular complexity index is 470. The highest BCUT2D eigenvalue weighted by molar-refractivity contribution is 8.00. The molecule has 1 aromatic carbocycles. The third-order valence-corrected chi connectivity index (χ3v) is 5.61. The number of thioether (sulfide) groups is 1. The predicted octanol–water partition coefficient (Wildman–Crippen LogP) is 3.74. The van der Waals surface area contributed by atoms with Crippen LogP contribution in [0.2, 0.25) is 0 Å². The Balaban J connectivity index is 2.01. The smallest absolute Gasteiger partial charge is 0.135 e. The average Bonchev–Trinajstić information content (AvgIpc) is 2.25. The van der Waals surface area contributed by atoms with E-state index in [1.807, 2.05) is 0 Å². The summed E-state index contributed by atoms with van der Waals surface area (Å²) >= 11 is 1.81. The molecule has 0 saturated carbocycles. The molecular weight excluding hydrogens is 273 g/mol. The molecule has 0 aromatic heterocycles. The summed E-state index contributed by atoms with van der Waals surface area (Å²) in [6.45, 7) is 0. The van der Waals surface area contributed by atoms with Gasteiger partial charge in [0.2, 0.25) is 0 Å². The average molecular weight is 288 g/mol. The van der Waals surface area contributed by atoms with Crippen molar-refractivity contribution in [3.05, 3.63) is 35.1 Å². The molecule has 5 heteroatoms. The van der Waals surface area contributed by atoms with Crippen molar-refractivity contribution in [1.82, 2.24) is 0 Å². The van der Waals surface area contributed by atoms with E-state index in [9.17, 15) is 18.3 Å². The van der Waals surface area contributed by atoms with Gasteiger partial charge >= 0.3 is 0 Å². The van der Waals surface area contributed by atoms with E-state index in [4.69, 9.17) is 0 Å². The van der Waals surface area contributed by atoms with Crippen molar-refractivity contribution < 1.29 is 18.3 Å². The first kappa shape index (κ1) is 13.3. The fourth-order valence-electron chi connectivity index (χ4n) is 3.31. The van der Waals surface area contributed by atoms with Crippen LogP contribution in [-0.4, -0.2) is 15.6 Å². The second kappa shape index (κ2) is 4.70. The first-order chi connectivity index (χ1) is 8.98. The van der Waals surface area contributed by atoms with Crippen molar-refractivity contribution in [2.24, 2.45) is 0 Å². The fourth-order valence-corrected chi connectivity index (χ4v) is 5.20. The number of hydrogen-bond donors (Lipinski definition) is 1. The van der Waals surface area contributed by atoms with Gasteiger partial charge in [0.15, 0.2) is 0 Å². The van der Waals surface area contributed by atoms with Gasteiger partial charge in [0.25, 0.3) is 0 Å². The molecule has 0 amide bonds. The summed E-state index contributed by atoms with van der Waals surface area (Å²) in [5, 5.41) is 11.2. The van der Waals surface area contributed by atoms with Gasteiger partial charge in [-0.05, 0) is 25.7 Å². The van der Waals surface area contributed by atoms with Gasteiger partial charge in [-0.1, -0.05) is 6.42 Å². The molecule has 3 rings (SSSR count). The predicted molar refractivity (Wildman–Crippen MR) is 68.5 cm³/mol. The molecule has 2 aliphatic rings. The third kappa shape index (κ3) is 2.38. The van der Waals surface area contributed by atoms with E-state index in [1.54, 1.807) is 11.8 Å². The van der Waals surface area contributed by atoms with Gasteiger partial charge in [-0.3, -0.25) is 0 Å². The standard InChI is InChI=1S/C14H15F3OS/c15-8-4-11(16)13(12(17)5-8)14(18)6-9-2-1-3-10(7-14)19-9/h4-5,9-10,18H,1-3,6-7H2. The van der Waals surface area contributed by atoms with E-state index in [1.165, 1.54) is 0 Å². The van der Waals surface area contributed by atoms with Crippen LogP contribution in [0.25, 0.3) is 0 Å². The number of hydrogen-bond acceptors (Lipinski definition) is 2. The van der Waals surface area contributed by atoms with Crippen molar-refractivity contribution in [3.63, 3.8) is 0 Å². The lowest BCUT2D eigenvalue weighted by Crippen LogP contribution is -2.41. The molecule has 1 aromatic rings. The van der Waals surface area contributed by atoms with Crippen molar-refractivity contribution in [2.75, 3.05) is 0 Å². The number of aliphatic hydroxyl groups is 1. The summed E-state index contributed by atoms with van der Waals surface area (Å²) in [6.07, 6.45) is 3.72. The zero-order valence-corrected chi connectivity index (χ0v) is 11.2. The van der Waals surface area contributed by atoms with Crippen molar-refractivity contribution in [1.29, 1.82) is 0 Å². The Hall–Kier alpha value is -0.680. The summed E-state index contributed by atoms with van der Waals surface area (Å²) < 4.78 is 40.7. The molecule has 2 fully saturated rings. The Labute approximate surface area is 114 Å². The highest BCUT2D eigenvalue weighted by Crippen LogP contribution is 2.50. The fraction of sp³-hybridized carbons (Fsp3) is 0.571. The Morgan fingerprint density at radius 1 is 1.05 bits per heavy atom. The van der Waals surface area contributed by atoms with E-state index in [-0.39, 0.29) is 16.1 Å². The molecule has 2 atom stereocenters. The van der Waals surface area contributed by atoms with Crippen LogP contribution in [0.1, 0.15) is 37.7 Å². The van der Waals surface area contributed by atoms with Crippen LogP contribution in [0.4, 0.5) is 13.2 Å². The number of benzene rings is 1. The lowest BCUT2D eigenvalue weighted by molar-refractivity contribution is 0.00143. The minimum Gasteiger partial charge on any atom is -0.385 e. The molecule has 2 aliphatic heterocycles. The molecule has 2 bridgehead atoms. The number of fused-ring (bicyclic) bond motifs is 2. The highest BCUT2D eigenvalue weighted by Gasteiger charge is 2.45. The Morgan fingerprint density at radius 2 is 1.58 bits per heavy atom. The maximum absolute atomic E-state index is 13.9. The summed E-state index contributed by atoms with van der Waals surface area (Å²) in [6, 6.07) is 1.29. The van der Waals surface area contributed by atoms with Gasteiger partial charge in [-0.15, -0.1) is 0 Å². The van der Waals surface area contributed by atoms with Crippen LogP contribution in [0, 0.1) is 17.5 Å². The summed E-state index contributed by atoms with van der Waals surface area (Å²) in [5.41, 5.74) is -1.85. The van der Waals surface area contributed by atoms with Crippen LogP contribution < -0.4 is 0 Å². The van der Waals surface area contributed by atoms with Crippen molar-refractivity contribution in [3.8, 4) is 0 Å². The van der Waals surface area contributed by atoms with Crippen LogP contribution >= 0.6 is 11.8 Å². The van der Waals surface area contributed by atoms with E-state index < -0.39 is 23.1 Å². The van der Waals surface area contributed by atoms with Crippen LogP contribution in [0.5, 0.6) is 0 Å². The molecule has 0 aliphatic carbocycles. The van der Waals surface area contributed by atoms with Gasteiger partial charge in [-0.2, -0.15) is 11.8 Å². The van der Waals surface area contributed by atoms with Crippen LogP contribution in [-0.2, 0) is 5.60 Å². The zero-order valence-electron chi connectivity index (χ0n) is 10.3. The first-order valence-electron chi connectivity index (χ1n) is 6.51. The lowest BCUT2D eigenvalue weighted by atomic mass is 9.80. The van der Waals surface area contributed by atoms with E-state index in [2.05, 4.69) is 0 Å². The molecule has 104 valence electrons. The summed E-state index contributed by atoms with van der Waals surface area (Å²) in [5.74, 6) is -2.91. The highest BCUT2D eigenvalue weighted by atomic mass is 32.2. The number of rotatable bonds is 1. The second-order valence-electron chi connectivity index (χ2n) is 5.50. The van der Waals surface area contributed by atoms with Gasteiger partial charge in [0, 0.05) is 22.6 Å². The van der Waals surface area contributed by atoms with Crippen LogP contribution in [0.3, 0.4) is 0 Å². The Morgan fingerprint density at radius 3 is 2.11 bits per heavy atom. The SMILES string of the molecule is OC1(c2c(F)cc(F)cc2F)CC2CCCC(C1)S2. The van der Waals surface area contributed by atoms with E-state index in [0.29, 0.717) is 25.0 Å². The topological polar surface area (TPSA) is 20.2 Å². The quantitative estimate of drug-likeness (QED) is 0.849. The van der Waals surface area contributed by atoms with Crippen molar-refractivity contribution >= 4 is 11.8 Å². The van der Waals surface area contributed by atoms with Gasteiger partial charge in [0.05, 0.1) is 11.2 Å². The molecule has 1 N–H and O–H groups in total. The molecular formula is C14H15F3OS. The number of halogens is 3. The second-order valence-corrected chi connectivity index (χ2v) is 7.10. The molecule has 2 unspecified atom stereocenters. The first-order valence-corrected chi connectivity index (χ1v) is 7.45. The maximum atomic E-state index is 13.9. The molecule has 0 spiro atoms. The van der Waals surface area contributed by atoms with Gasteiger partial charge in [0.1, 0.15) is 17.5 Å². The van der Waals surface area contributed by atoms with Gasteiger partial charge < -0.3 is 5.11 Å². The minimum atomic E-state index is -1.50. The largest absolute Gasteiger partial charge is 0.385 e. The van der Waals surface area contributed by atoms with E-state index in [0.717, 1.165) is 19.3 Å². The molecule has 2 heterocycles. The summed E-state index contributed by atoms with van der Waals surface area (Å²) in [4.78, 5) is 0. The monoisotopic (exact) mass is 288 g/mol. The Kier molecular flexibility index (Phi) is 3.29. The summed E-state index contributed by atoms with van der Waals surface area (Å²) in [7, 11) is 0.